The van der Waals surface area contributed by atoms with E-state index in [2.05, 4.69) is 47.2 Å². The molecule has 2 N–H and O–H groups in total. The standard InChI is InChI=1S/C31H34F2N2.CH4/c32-29-18-15-24(19-30(29)33)26(11-6-9-22-13-16-25(34)17-14-22)28-21-35(20-23-7-2-1-3-8-23)31-12-5-4-10-27(28)31;/h4-5,10,12-19,21,23,26H,1-3,6-9,11,20,34H2;1H4. The molecule has 190 valence electrons. The van der Waals surface area contributed by atoms with Crippen molar-refractivity contribution in [2.45, 2.75) is 71.3 Å². The minimum Gasteiger partial charge on any atom is -0.399 e. The van der Waals surface area contributed by atoms with E-state index in [0.29, 0.717) is 5.92 Å². The minimum atomic E-state index is -0.797. The van der Waals surface area contributed by atoms with Crippen LogP contribution in [0.3, 0.4) is 0 Å². The van der Waals surface area contributed by atoms with E-state index in [-0.39, 0.29) is 13.3 Å². The lowest BCUT2D eigenvalue weighted by Gasteiger charge is -2.22. The zero-order valence-electron chi connectivity index (χ0n) is 20.2. The molecule has 0 radical (unpaired) electrons. The highest BCUT2D eigenvalue weighted by atomic mass is 19.2. The van der Waals surface area contributed by atoms with Gasteiger partial charge in [-0.1, -0.05) is 63.1 Å². The molecule has 1 fully saturated rings. The van der Waals surface area contributed by atoms with Crippen molar-refractivity contribution >= 4 is 16.6 Å². The first-order chi connectivity index (χ1) is 17.1. The lowest BCUT2D eigenvalue weighted by molar-refractivity contribution is 0.322. The molecule has 3 aromatic carbocycles. The zero-order valence-corrected chi connectivity index (χ0v) is 20.2. The Kier molecular flexibility index (Phi) is 8.45. The number of benzene rings is 3. The predicted octanol–water partition coefficient (Wildman–Crippen LogP) is 8.87. The van der Waals surface area contributed by atoms with Crippen LogP contribution in [0.5, 0.6) is 0 Å². The number of anilines is 1. The first-order valence-electron chi connectivity index (χ1n) is 13.0. The highest BCUT2D eigenvalue weighted by Gasteiger charge is 2.22. The molecule has 4 heteroatoms. The largest absolute Gasteiger partial charge is 0.399 e. The maximum absolute atomic E-state index is 14.3. The summed E-state index contributed by atoms with van der Waals surface area (Å²) in [6.45, 7) is 1.02. The number of hydrogen-bond donors (Lipinski definition) is 1. The molecule has 0 spiro atoms. The number of hydrogen-bond acceptors (Lipinski definition) is 1. The van der Waals surface area contributed by atoms with Gasteiger partial charge in [0.2, 0.25) is 0 Å². The third-order valence-electron chi connectivity index (χ3n) is 7.66. The van der Waals surface area contributed by atoms with Gasteiger partial charge in [-0.3, -0.25) is 0 Å². The number of para-hydroxylation sites is 1. The van der Waals surface area contributed by atoms with Crippen molar-refractivity contribution in [1.29, 1.82) is 0 Å². The molecule has 36 heavy (non-hydrogen) atoms. The van der Waals surface area contributed by atoms with Crippen molar-refractivity contribution in [2.75, 3.05) is 5.73 Å². The van der Waals surface area contributed by atoms with E-state index in [1.807, 2.05) is 12.1 Å². The number of fused-ring (bicyclic) bond motifs is 1. The Labute approximate surface area is 214 Å². The summed E-state index contributed by atoms with van der Waals surface area (Å²) >= 11 is 0. The average Bonchev–Trinajstić information content (AvgIpc) is 3.23. The summed E-state index contributed by atoms with van der Waals surface area (Å²) < 4.78 is 30.5. The molecule has 0 bridgehead atoms. The zero-order chi connectivity index (χ0) is 24.2. The van der Waals surface area contributed by atoms with Crippen LogP contribution in [0.15, 0.2) is 72.9 Å². The molecule has 1 aliphatic rings. The number of aryl methyl sites for hydroxylation is 1. The molecule has 1 aliphatic carbocycles. The first-order valence-corrected chi connectivity index (χ1v) is 13.0. The Morgan fingerprint density at radius 3 is 2.39 bits per heavy atom. The molecule has 1 atom stereocenters. The van der Waals surface area contributed by atoms with Gasteiger partial charge < -0.3 is 10.3 Å². The van der Waals surface area contributed by atoms with Gasteiger partial charge in [-0.25, -0.2) is 8.78 Å². The van der Waals surface area contributed by atoms with Gasteiger partial charge in [0.25, 0.3) is 0 Å². The predicted molar refractivity (Wildman–Crippen MR) is 147 cm³/mol. The molecule has 4 aromatic rings. The number of aromatic nitrogens is 1. The number of nitrogens with zero attached hydrogens (tertiary/aromatic N) is 1. The second kappa shape index (κ2) is 11.7. The third-order valence-corrected chi connectivity index (χ3v) is 7.66. The van der Waals surface area contributed by atoms with Crippen molar-refractivity contribution in [3.8, 4) is 0 Å². The van der Waals surface area contributed by atoms with Gasteiger partial charge in [0.15, 0.2) is 11.6 Å². The van der Waals surface area contributed by atoms with E-state index in [9.17, 15) is 8.78 Å². The van der Waals surface area contributed by atoms with Crippen LogP contribution in [0, 0.1) is 17.6 Å². The lowest BCUT2D eigenvalue weighted by Crippen LogP contribution is -2.13. The Bertz CT molecular complexity index is 1270. The van der Waals surface area contributed by atoms with E-state index in [1.54, 1.807) is 6.07 Å². The summed E-state index contributed by atoms with van der Waals surface area (Å²) in [5, 5.41) is 1.21. The quantitative estimate of drug-likeness (QED) is 0.247. The fourth-order valence-corrected chi connectivity index (χ4v) is 5.78. The van der Waals surface area contributed by atoms with Gasteiger partial charge in [-0.05, 0) is 85.0 Å². The summed E-state index contributed by atoms with van der Waals surface area (Å²) in [7, 11) is 0. The van der Waals surface area contributed by atoms with Crippen LogP contribution in [0.2, 0.25) is 0 Å². The van der Waals surface area contributed by atoms with Crippen LogP contribution < -0.4 is 5.73 Å². The van der Waals surface area contributed by atoms with Crippen molar-refractivity contribution in [1.82, 2.24) is 4.57 Å². The number of nitrogen functional groups attached to an aromatic ring is 1. The van der Waals surface area contributed by atoms with Crippen molar-refractivity contribution in [3.05, 3.63) is 101 Å². The van der Waals surface area contributed by atoms with E-state index in [0.717, 1.165) is 37.1 Å². The van der Waals surface area contributed by atoms with Gasteiger partial charge in [0.1, 0.15) is 0 Å². The fourth-order valence-electron chi connectivity index (χ4n) is 5.78. The first kappa shape index (κ1) is 25.9. The molecule has 1 saturated carbocycles. The molecule has 0 saturated heterocycles. The highest BCUT2D eigenvalue weighted by Crippen LogP contribution is 2.37. The Hall–Kier alpha value is -3.14. The van der Waals surface area contributed by atoms with Crippen molar-refractivity contribution in [2.24, 2.45) is 5.92 Å². The number of nitrogens with two attached hydrogens (primary N) is 1. The van der Waals surface area contributed by atoms with Gasteiger partial charge in [0.05, 0.1) is 0 Å². The topological polar surface area (TPSA) is 30.9 Å². The average molecular weight is 489 g/mol. The van der Waals surface area contributed by atoms with Crippen LogP contribution in [0.25, 0.3) is 10.9 Å². The van der Waals surface area contributed by atoms with Crippen LogP contribution >= 0.6 is 0 Å². The second-order valence-corrected chi connectivity index (χ2v) is 10.1. The highest BCUT2D eigenvalue weighted by molar-refractivity contribution is 5.85. The van der Waals surface area contributed by atoms with Gasteiger partial charge >= 0.3 is 0 Å². The molecule has 2 nitrogen and oxygen atoms in total. The smallest absolute Gasteiger partial charge is 0.159 e. The normalized spacial score (nSPS) is 15.1. The molecular weight excluding hydrogens is 450 g/mol. The lowest BCUT2D eigenvalue weighted by atomic mass is 9.86. The summed E-state index contributed by atoms with van der Waals surface area (Å²) in [5.74, 6) is -0.873. The second-order valence-electron chi connectivity index (χ2n) is 10.1. The van der Waals surface area contributed by atoms with Crippen LogP contribution in [0.1, 0.15) is 75.0 Å². The summed E-state index contributed by atoms with van der Waals surface area (Å²) in [4.78, 5) is 0. The Balaban J connectivity index is 0.00000304. The van der Waals surface area contributed by atoms with Crippen LogP contribution in [-0.4, -0.2) is 4.57 Å². The van der Waals surface area contributed by atoms with Crippen LogP contribution in [0.4, 0.5) is 14.5 Å². The van der Waals surface area contributed by atoms with Gasteiger partial charge in [0, 0.05) is 35.2 Å². The summed E-state index contributed by atoms with van der Waals surface area (Å²) in [6, 6.07) is 20.9. The van der Waals surface area contributed by atoms with E-state index in [1.165, 1.54) is 66.3 Å². The third kappa shape index (κ3) is 5.80. The molecule has 5 rings (SSSR count). The molecule has 1 unspecified atom stereocenters. The Morgan fingerprint density at radius 1 is 0.889 bits per heavy atom. The van der Waals surface area contributed by atoms with Crippen molar-refractivity contribution in [3.63, 3.8) is 0 Å². The molecular formula is C32H38F2N2. The minimum absolute atomic E-state index is 0. The van der Waals surface area contributed by atoms with Crippen molar-refractivity contribution < 1.29 is 8.78 Å². The fraction of sp³-hybridized carbons (Fsp3) is 0.375. The van der Waals surface area contributed by atoms with E-state index in [4.69, 9.17) is 5.73 Å². The number of rotatable bonds is 8. The maximum Gasteiger partial charge on any atom is 0.159 e. The summed E-state index contributed by atoms with van der Waals surface area (Å²) in [6.07, 6.45) is 11.6. The van der Waals surface area contributed by atoms with E-state index >= 15 is 0 Å². The van der Waals surface area contributed by atoms with Crippen LogP contribution in [-0.2, 0) is 13.0 Å². The number of halogens is 2. The molecule has 1 heterocycles. The van der Waals surface area contributed by atoms with Gasteiger partial charge in [-0.2, -0.15) is 0 Å². The SMILES string of the molecule is C.Nc1ccc(CCCC(c2ccc(F)c(F)c2)c2cn(CC3CCCCC3)c3ccccc23)cc1. The maximum atomic E-state index is 14.3. The molecule has 0 aliphatic heterocycles. The monoisotopic (exact) mass is 488 g/mol. The molecule has 1 aromatic heterocycles. The molecule has 0 amide bonds. The summed E-state index contributed by atoms with van der Waals surface area (Å²) in [5.41, 5.74) is 11.1. The van der Waals surface area contributed by atoms with Gasteiger partial charge in [-0.15, -0.1) is 0 Å². The van der Waals surface area contributed by atoms with E-state index < -0.39 is 11.6 Å². The Morgan fingerprint density at radius 2 is 1.64 bits per heavy atom.